The minimum absolute atomic E-state index is 0.634. The van der Waals surface area contributed by atoms with Gasteiger partial charge in [-0.05, 0) is 6.92 Å². The van der Waals surface area contributed by atoms with Gasteiger partial charge in [0.05, 0.1) is 5.69 Å². The van der Waals surface area contributed by atoms with E-state index in [1.54, 1.807) is 0 Å². The van der Waals surface area contributed by atoms with E-state index < -0.39 is 40.2 Å². The fraction of sp³-hybridized carbons (Fsp3) is 0.125. The van der Waals surface area contributed by atoms with E-state index in [1.807, 2.05) is 0 Å². The summed E-state index contributed by atoms with van der Waals surface area (Å²) in [6.07, 6.45) is 0. The Morgan fingerprint density at radius 1 is 1.21 bits per heavy atom. The zero-order chi connectivity index (χ0) is 11.0. The largest absolute Gasteiger partial charge is 0.478 e. The van der Waals surface area contributed by atoms with Gasteiger partial charge in [0.2, 0.25) is 0 Å². The molecule has 1 aromatic rings. The van der Waals surface area contributed by atoms with Crippen molar-refractivity contribution < 1.29 is 23.1 Å². The van der Waals surface area contributed by atoms with Crippen LogP contribution >= 0.6 is 0 Å². The Morgan fingerprint density at radius 2 is 1.71 bits per heavy atom. The molecule has 0 bridgehead atoms. The van der Waals surface area contributed by atoms with E-state index in [4.69, 9.17) is 10.8 Å². The second kappa shape index (κ2) is 3.21. The summed E-state index contributed by atoms with van der Waals surface area (Å²) in [4.78, 5) is 10.4. The summed E-state index contributed by atoms with van der Waals surface area (Å²) >= 11 is 0. The highest BCUT2D eigenvalue weighted by Crippen LogP contribution is 2.26. The smallest absolute Gasteiger partial charge is 0.341 e. The van der Waals surface area contributed by atoms with Crippen molar-refractivity contribution in [3.8, 4) is 0 Å². The first-order valence-corrected chi connectivity index (χ1v) is 3.53. The van der Waals surface area contributed by atoms with Crippen LogP contribution in [0, 0.1) is 24.4 Å². The van der Waals surface area contributed by atoms with Gasteiger partial charge in [0, 0.05) is 5.56 Å². The van der Waals surface area contributed by atoms with Crippen molar-refractivity contribution >= 4 is 11.7 Å². The molecule has 0 aromatic heterocycles. The first-order valence-electron chi connectivity index (χ1n) is 3.53. The zero-order valence-corrected chi connectivity index (χ0v) is 7.07. The molecule has 1 aromatic carbocycles. The summed E-state index contributed by atoms with van der Waals surface area (Å²) in [7, 11) is 0. The molecule has 3 nitrogen and oxygen atoms in total. The van der Waals surface area contributed by atoms with Gasteiger partial charge < -0.3 is 10.8 Å². The Labute approximate surface area is 77.0 Å². The Bertz CT molecular complexity index is 389. The number of aromatic carboxylic acids is 1. The van der Waals surface area contributed by atoms with Crippen molar-refractivity contribution in [2.24, 2.45) is 0 Å². The molecule has 0 aliphatic rings. The summed E-state index contributed by atoms with van der Waals surface area (Å²) in [5.74, 6) is -6.23. The molecule has 0 unspecified atom stereocenters. The quantitative estimate of drug-likeness (QED) is 0.541. The van der Waals surface area contributed by atoms with Crippen LogP contribution < -0.4 is 5.73 Å². The first kappa shape index (κ1) is 10.4. The maximum atomic E-state index is 13.0. The van der Waals surface area contributed by atoms with E-state index in [-0.39, 0.29) is 0 Å². The maximum Gasteiger partial charge on any atom is 0.341 e. The first-order chi connectivity index (χ1) is 6.37. The summed E-state index contributed by atoms with van der Waals surface area (Å²) in [5, 5.41) is 8.43. The topological polar surface area (TPSA) is 63.3 Å². The normalized spacial score (nSPS) is 10.3. The van der Waals surface area contributed by atoms with E-state index in [1.165, 1.54) is 0 Å². The van der Waals surface area contributed by atoms with Crippen LogP contribution in [0.15, 0.2) is 0 Å². The van der Waals surface area contributed by atoms with Crippen LogP contribution in [0.5, 0.6) is 0 Å². The SMILES string of the molecule is Cc1c(F)c(N)c(C(=O)O)c(F)c1F. The number of rotatable bonds is 1. The van der Waals surface area contributed by atoms with Gasteiger partial charge in [-0.15, -0.1) is 0 Å². The highest BCUT2D eigenvalue weighted by atomic mass is 19.2. The fourth-order valence-electron chi connectivity index (χ4n) is 1.01. The number of carbonyl (C=O) groups is 1. The van der Waals surface area contributed by atoms with E-state index in [0.29, 0.717) is 0 Å². The van der Waals surface area contributed by atoms with Crippen molar-refractivity contribution in [3.05, 3.63) is 28.6 Å². The third kappa shape index (κ3) is 1.28. The summed E-state index contributed by atoms with van der Waals surface area (Å²) in [6.45, 7) is 0.968. The van der Waals surface area contributed by atoms with Gasteiger partial charge in [0.1, 0.15) is 5.56 Å². The molecule has 0 radical (unpaired) electrons. The summed E-state index contributed by atoms with van der Waals surface area (Å²) in [6, 6.07) is 0. The van der Waals surface area contributed by atoms with E-state index >= 15 is 0 Å². The van der Waals surface area contributed by atoms with Crippen LogP contribution in [0.4, 0.5) is 18.9 Å². The van der Waals surface area contributed by atoms with Gasteiger partial charge in [0.15, 0.2) is 17.5 Å². The molecular weight excluding hydrogens is 199 g/mol. The maximum absolute atomic E-state index is 13.0. The van der Waals surface area contributed by atoms with Gasteiger partial charge in [-0.2, -0.15) is 0 Å². The molecule has 0 saturated heterocycles. The summed E-state index contributed by atoms with van der Waals surface area (Å²) in [5.41, 5.74) is 2.29. The molecule has 0 saturated carbocycles. The molecule has 14 heavy (non-hydrogen) atoms. The van der Waals surface area contributed by atoms with Crippen LogP contribution in [0.1, 0.15) is 15.9 Å². The standard InChI is InChI=1S/C8H6F3NO2/c1-2-4(9)6(11)3(8(13)14)7(12)5(2)10/h12H2,1H3,(H,13,14). The molecule has 0 amide bonds. The Hall–Kier alpha value is -1.72. The minimum Gasteiger partial charge on any atom is -0.478 e. The molecular formula is C8H6F3NO2. The molecule has 0 aliphatic carbocycles. The number of halogens is 3. The van der Waals surface area contributed by atoms with Crippen LogP contribution in [0.3, 0.4) is 0 Å². The number of nitrogen functional groups attached to an aromatic ring is 1. The lowest BCUT2D eigenvalue weighted by molar-refractivity contribution is 0.0691. The van der Waals surface area contributed by atoms with Gasteiger partial charge in [-0.3, -0.25) is 0 Å². The zero-order valence-electron chi connectivity index (χ0n) is 7.07. The average molecular weight is 205 g/mol. The van der Waals surface area contributed by atoms with Gasteiger partial charge in [0.25, 0.3) is 0 Å². The fourth-order valence-corrected chi connectivity index (χ4v) is 1.01. The highest BCUT2D eigenvalue weighted by Gasteiger charge is 2.25. The lowest BCUT2D eigenvalue weighted by Gasteiger charge is -2.07. The highest BCUT2D eigenvalue weighted by molar-refractivity contribution is 5.94. The Balaban J connectivity index is 3.68. The van der Waals surface area contributed by atoms with Crippen LogP contribution in [-0.4, -0.2) is 11.1 Å². The average Bonchev–Trinajstić information content (AvgIpc) is 2.11. The molecule has 3 N–H and O–H groups in total. The molecule has 1 rings (SSSR count). The van der Waals surface area contributed by atoms with Gasteiger partial charge >= 0.3 is 5.97 Å². The second-order valence-electron chi connectivity index (χ2n) is 2.66. The predicted molar refractivity (Wildman–Crippen MR) is 42.4 cm³/mol. The van der Waals surface area contributed by atoms with Crippen molar-refractivity contribution in [2.45, 2.75) is 6.92 Å². The molecule has 0 heterocycles. The van der Waals surface area contributed by atoms with Crippen LogP contribution in [-0.2, 0) is 0 Å². The second-order valence-corrected chi connectivity index (χ2v) is 2.66. The van der Waals surface area contributed by atoms with Crippen LogP contribution in [0.2, 0.25) is 0 Å². The lowest BCUT2D eigenvalue weighted by Crippen LogP contribution is -2.12. The molecule has 0 atom stereocenters. The number of benzene rings is 1. The summed E-state index contributed by atoms with van der Waals surface area (Å²) < 4.78 is 38.8. The molecule has 0 aliphatic heterocycles. The third-order valence-corrected chi connectivity index (χ3v) is 1.79. The number of anilines is 1. The number of hydrogen-bond acceptors (Lipinski definition) is 2. The van der Waals surface area contributed by atoms with Crippen molar-refractivity contribution in [1.82, 2.24) is 0 Å². The van der Waals surface area contributed by atoms with Crippen molar-refractivity contribution in [3.63, 3.8) is 0 Å². The van der Waals surface area contributed by atoms with Crippen molar-refractivity contribution in [1.29, 1.82) is 0 Å². The number of hydrogen-bond donors (Lipinski definition) is 2. The molecule has 76 valence electrons. The number of carboxylic acids is 1. The van der Waals surface area contributed by atoms with Crippen molar-refractivity contribution in [2.75, 3.05) is 5.73 Å². The monoisotopic (exact) mass is 205 g/mol. The van der Waals surface area contributed by atoms with Gasteiger partial charge in [-0.1, -0.05) is 0 Å². The third-order valence-electron chi connectivity index (χ3n) is 1.79. The molecule has 6 heteroatoms. The van der Waals surface area contributed by atoms with Crippen LogP contribution in [0.25, 0.3) is 0 Å². The van der Waals surface area contributed by atoms with E-state index in [9.17, 15) is 18.0 Å². The molecule has 0 spiro atoms. The van der Waals surface area contributed by atoms with E-state index in [0.717, 1.165) is 6.92 Å². The Morgan fingerprint density at radius 3 is 2.14 bits per heavy atom. The molecule has 0 fully saturated rings. The van der Waals surface area contributed by atoms with Gasteiger partial charge in [-0.25, -0.2) is 18.0 Å². The lowest BCUT2D eigenvalue weighted by atomic mass is 10.1. The minimum atomic E-state index is -1.81. The number of nitrogens with two attached hydrogens (primary N) is 1. The van der Waals surface area contributed by atoms with E-state index in [2.05, 4.69) is 0 Å². The number of carboxylic acid groups (broad SMARTS) is 1. The predicted octanol–water partition coefficient (Wildman–Crippen LogP) is 1.69. The Kier molecular flexibility index (Phi) is 2.37.